The zero-order valence-electron chi connectivity index (χ0n) is 12.7. The molecule has 0 atom stereocenters. The minimum absolute atomic E-state index is 0.0572. The maximum atomic E-state index is 12.5. The molecule has 0 aromatic heterocycles. The van der Waals surface area contributed by atoms with Crippen LogP contribution in [0.1, 0.15) is 10.4 Å². The number of ether oxygens (including phenoxy) is 2. The van der Waals surface area contributed by atoms with Gasteiger partial charge in [0.05, 0.1) is 29.8 Å². The van der Waals surface area contributed by atoms with Crippen molar-refractivity contribution in [1.29, 1.82) is 0 Å². The van der Waals surface area contributed by atoms with Gasteiger partial charge in [0.2, 0.25) is 0 Å². The molecule has 2 N–H and O–H groups in total. The molecule has 0 unspecified atom stereocenters. The van der Waals surface area contributed by atoms with Crippen LogP contribution in [0, 0.1) is 0 Å². The van der Waals surface area contributed by atoms with E-state index < -0.39 is 16.0 Å². The molecule has 24 heavy (non-hydrogen) atoms. The SMILES string of the molecule is COc1ccc(S(=O)(=O)Nc2cccc(Cl)c2OC)cc1C(=O)O. The van der Waals surface area contributed by atoms with Crippen molar-refractivity contribution in [1.82, 2.24) is 0 Å². The molecular formula is C15H14ClNO6S. The lowest BCUT2D eigenvalue weighted by atomic mass is 10.2. The van der Waals surface area contributed by atoms with Crippen LogP contribution in [-0.4, -0.2) is 33.7 Å². The predicted molar refractivity (Wildman–Crippen MR) is 88.8 cm³/mol. The van der Waals surface area contributed by atoms with Gasteiger partial charge in [-0.1, -0.05) is 17.7 Å². The molecule has 0 radical (unpaired) electrons. The van der Waals surface area contributed by atoms with Gasteiger partial charge in [0.1, 0.15) is 11.3 Å². The molecule has 0 bridgehead atoms. The van der Waals surface area contributed by atoms with Gasteiger partial charge in [0.25, 0.3) is 10.0 Å². The van der Waals surface area contributed by atoms with Crippen LogP contribution in [0.15, 0.2) is 41.3 Å². The number of hydrogen-bond donors (Lipinski definition) is 2. The lowest BCUT2D eigenvalue weighted by Crippen LogP contribution is -2.15. The second kappa shape index (κ2) is 6.98. The van der Waals surface area contributed by atoms with E-state index in [1.165, 1.54) is 32.4 Å². The van der Waals surface area contributed by atoms with Crippen molar-refractivity contribution in [2.75, 3.05) is 18.9 Å². The van der Waals surface area contributed by atoms with Crippen molar-refractivity contribution >= 4 is 33.3 Å². The van der Waals surface area contributed by atoms with Crippen LogP contribution in [0.3, 0.4) is 0 Å². The topological polar surface area (TPSA) is 102 Å². The van der Waals surface area contributed by atoms with Gasteiger partial charge in [0, 0.05) is 0 Å². The average molecular weight is 372 g/mol. The van der Waals surface area contributed by atoms with E-state index in [9.17, 15) is 13.2 Å². The fraction of sp³-hybridized carbons (Fsp3) is 0.133. The molecule has 0 amide bonds. The number of nitrogens with one attached hydrogen (secondary N) is 1. The van der Waals surface area contributed by atoms with E-state index in [0.29, 0.717) is 0 Å². The molecule has 0 aliphatic carbocycles. The normalized spacial score (nSPS) is 11.0. The second-order valence-corrected chi connectivity index (χ2v) is 6.68. The Hall–Kier alpha value is -2.45. The van der Waals surface area contributed by atoms with Gasteiger partial charge >= 0.3 is 5.97 Å². The molecule has 0 aliphatic heterocycles. The highest BCUT2D eigenvalue weighted by atomic mass is 35.5. The number of anilines is 1. The first-order valence-electron chi connectivity index (χ1n) is 6.57. The highest BCUT2D eigenvalue weighted by Gasteiger charge is 2.21. The largest absolute Gasteiger partial charge is 0.496 e. The number of carboxylic acids is 1. The molecule has 0 aliphatic rings. The maximum Gasteiger partial charge on any atom is 0.339 e. The van der Waals surface area contributed by atoms with Crippen LogP contribution in [0.2, 0.25) is 5.02 Å². The number of sulfonamides is 1. The summed E-state index contributed by atoms with van der Waals surface area (Å²) in [5.41, 5.74) is -0.129. The molecule has 7 nitrogen and oxygen atoms in total. The van der Waals surface area contributed by atoms with E-state index in [4.69, 9.17) is 26.2 Å². The predicted octanol–water partition coefficient (Wildman–Crippen LogP) is 2.86. The molecule has 9 heteroatoms. The lowest BCUT2D eigenvalue weighted by molar-refractivity contribution is 0.0693. The summed E-state index contributed by atoms with van der Waals surface area (Å²) >= 11 is 5.96. The Morgan fingerprint density at radius 1 is 1.17 bits per heavy atom. The van der Waals surface area contributed by atoms with Crippen LogP contribution in [0.5, 0.6) is 11.5 Å². The Kier molecular flexibility index (Phi) is 5.20. The van der Waals surface area contributed by atoms with Crippen molar-refractivity contribution in [2.45, 2.75) is 4.90 Å². The maximum absolute atomic E-state index is 12.5. The number of benzene rings is 2. The minimum atomic E-state index is -4.05. The summed E-state index contributed by atoms with van der Waals surface area (Å²) in [6.07, 6.45) is 0. The monoisotopic (exact) mass is 371 g/mol. The summed E-state index contributed by atoms with van der Waals surface area (Å²) < 4.78 is 37.3. The van der Waals surface area contributed by atoms with Gasteiger partial charge < -0.3 is 14.6 Å². The van der Waals surface area contributed by atoms with Crippen molar-refractivity contribution < 1.29 is 27.8 Å². The van der Waals surface area contributed by atoms with Crippen molar-refractivity contribution in [2.24, 2.45) is 0 Å². The van der Waals surface area contributed by atoms with E-state index >= 15 is 0 Å². The molecule has 0 saturated carbocycles. The third kappa shape index (κ3) is 3.55. The Morgan fingerprint density at radius 3 is 2.46 bits per heavy atom. The van der Waals surface area contributed by atoms with Crippen LogP contribution < -0.4 is 14.2 Å². The highest BCUT2D eigenvalue weighted by Crippen LogP contribution is 2.34. The van der Waals surface area contributed by atoms with Crippen molar-refractivity contribution in [3.63, 3.8) is 0 Å². The number of para-hydroxylation sites is 1. The number of aromatic carboxylic acids is 1. The summed E-state index contributed by atoms with van der Waals surface area (Å²) in [6, 6.07) is 8.11. The van der Waals surface area contributed by atoms with Gasteiger partial charge in [-0.15, -0.1) is 0 Å². The number of rotatable bonds is 6. The molecular weight excluding hydrogens is 358 g/mol. The fourth-order valence-corrected chi connectivity index (χ4v) is 3.36. The Labute approximate surface area is 143 Å². The zero-order valence-corrected chi connectivity index (χ0v) is 14.3. The summed E-state index contributed by atoms with van der Waals surface area (Å²) in [6.45, 7) is 0. The molecule has 2 aromatic rings. The zero-order chi connectivity index (χ0) is 17.9. The molecule has 2 rings (SSSR count). The van der Waals surface area contributed by atoms with Crippen LogP contribution >= 0.6 is 11.6 Å². The van der Waals surface area contributed by atoms with Gasteiger partial charge in [-0.3, -0.25) is 4.72 Å². The number of carbonyl (C=O) groups is 1. The van der Waals surface area contributed by atoms with E-state index in [1.54, 1.807) is 12.1 Å². The van der Waals surface area contributed by atoms with Crippen LogP contribution in [0.25, 0.3) is 0 Å². The standard InChI is InChI=1S/C15H14ClNO6S/c1-22-13-7-6-9(8-10(13)15(18)19)24(20,21)17-12-5-3-4-11(16)14(12)23-2/h3-8,17H,1-2H3,(H,18,19). The summed E-state index contributed by atoms with van der Waals surface area (Å²) in [4.78, 5) is 11.0. The van der Waals surface area contributed by atoms with Gasteiger partial charge in [0.15, 0.2) is 5.75 Å². The molecule has 128 valence electrons. The fourth-order valence-electron chi connectivity index (χ4n) is 2.02. The van der Waals surface area contributed by atoms with Crippen molar-refractivity contribution in [3.8, 4) is 11.5 Å². The average Bonchev–Trinajstić information content (AvgIpc) is 2.54. The van der Waals surface area contributed by atoms with Crippen molar-refractivity contribution in [3.05, 3.63) is 47.0 Å². The summed E-state index contributed by atoms with van der Waals surface area (Å²) in [7, 11) is -1.40. The Bertz CT molecular complexity index is 882. The van der Waals surface area contributed by atoms with E-state index in [1.807, 2.05) is 0 Å². The Morgan fingerprint density at radius 2 is 1.88 bits per heavy atom. The van der Waals surface area contributed by atoms with Crippen LogP contribution in [0.4, 0.5) is 5.69 Å². The molecule has 0 spiro atoms. The van der Waals surface area contributed by atoms with Crippen LogP contribution in [-0.2, 0) is 10.0 Å². The van der Waals surface area contributed by atoms with Gasteiger partial charge in [-0.05, 0) is 30.3 Å². The molecule has 0 fully saturated rings. The second-order valence-electron chi connectivity index (χ2n) is 4.59. The molecule has 0 saturated heterocycles. The lowest BCUT2D eigenvalue weighted by Gasteiger charge is -2.13. The number of halogens is 1. The first-order valence-corrected chi connectivity index (χ1v) is 8.43. The van der Waals surface area contributed by atoms with Gasteiger partial charge in [-0.25, -0.2) is 13.2 Å². The van der Waals surface area contributed by atoms with E-state index in [2.05, 4.69) is 4.72 Å². The molecule has 0 heterocycles. The van der Waals surface area contributed by atoms with Gasteiger partial charge in [-0.2, -0.15) is 0 Å². The number of carboxylic acid groups (broad SMARTS) is 1. The third-order valence-corrected chi connectivity index (χ3v) is 4.79. The smallest absolute Gasteiger partial charge is 0.339 e. The first kappa shape index (κ1) is 17.9. The van der Waals surface area contributed by atoms with E-state index in [0.717, 1.165) is 6.07 Å². The number of hydrogen-bond acceptors (Lipinski definition) is 5. The van der Waals surface area contributed by atoms with E-state index in [-0.39, 0.29) is 32.7 Å². The number of methoxy groups -OCH3 is 2. The third-order valence-electron chi connectivity index (χ3n) is 3.13. The Balaban J connectivity index is 2.47. The highest BCUT2D eigenvalue weighted by molar-refractivity contribution is 7.92. The minimum Gasteiger partial charge on any atom is -0.496 e. The molecule has 2 aromatic carbocycles. The summed E-state index contributed by atoms with van der Waals surface area (Å²) in [5, 5.41) is 9.40. The first-order chi connectivity index (χ1) is 11.3. The quantitative estimate of drug-likeness (QED) is 0.809. The summed E-state index contributed by atoms with van der Waals surface area (Å²) in [5.74, 6) is -1.08.